The van der Waals surface area contributed by atoms with Crippen LogP contribution in [0.25, 0.3) is 71.6 Å². The van der Waals surface area contributed by atoms with E-state index in [0.717, 1.165) is 22.7 Å². The van der Waals surface area contributed by atoms with Gasteiger partial charge in [-0.05, 0) is 98.8 Å². The lowest BCUT2D eigenvalue weighted by molar-refractivity contribution is 1.16. The first kappa shape index (κ1) is 26.7. The third kappa shape index (κ3) is 3.98. The molecule has 10 rings (SSSR count). The first-order valence-corrected chi connectivity index (χ1v) is 16.4. The average molecular weight is 612 g/mol. The molecule has 2 aromatic heterocycles. The van der Waals surface area contributed by atoms with Crippen molar-refractivity contribution >= 4 is 49.6 Å². The van der Waals surface area contributed by atoms with Crippen LogP contribution in [-0.2, 0) is 0 Å². The summed E-state index contributed by atoms with van der Waals surface area (Å²) in [7, 11) is 0. The van der Waals surface area contributed by atoms with Crippen LogP contribution in [0.1, 0.15) is 0 Å². The number of nitrogens with zero attached hydrogens (tertiary/aromatic N) is 3. The lowest BCUT2D eigenvalue weighted by atomic mass is 9.94. The highest BCUT2D eigenvalue weighted by molar-refractivity contribution is 6.18. The van der Waals surface area contributed by atoms with Crippen molar-refractivity contribution < 1.29 is 0 Å². The number of aromatic nitrogens is 2. The summed E-state index contributed by atoms with van der Waals surface area (Å²) in [5.41, 5.74) is 14.3. The standard InChI is InChI=1S/C45H29N3/c1-2-17-37-36(16-1)41-21-9-20-40-35(24-25-42(37)45(40)41)30-11-7-12-31(27-30)47(34-15-10-26-46-29-34)32-13-8-14-33(28-32)48-43-22-5-3-18-38(43)39-19-4-6-23-44(39)48/h1-29H. The van der Waals surface area contributed by atoms with Crippen LogP contribution in [0, 0.1) is 0 Å². The summed E-state index contributed by atoms with van der Waals surface area (Å²) in [5, 5.41) is 5.12. The Labute approximate surface area is 278 Å². The third-order valence-corrected chi connectivity index (χ3v) is 9.79. The largest absolute Gasteiger partial charge is 0.309 e. The Morgan fingerprint density at radius 2 is 1.00 bits per heavy atom. The highest BCUT2D eigenvalue weighted by Crippen LogP contribution is 2.49. The van der Waals surface area contributed by atoms with Gasteiger partial charge < -0.3 is 9.47 Å². The van der Waals surface area contributed by atoms with E-state index in [1.54, 1.807) is 0 Å². The molecule has 48 heavy (non-hydrogen) atoms. The topological polar surface area (TPSA) is 21.1 Å². The van der Waals surface area contributed by atoms with Gasteiger partial charge in [0, 0.05) is 34.0 Å². The van der Waals surface area contributed by atoms with E-state index in [1.807, 2.05) is 18.5 Å². The van der Waals surface area contributed by atoms with Crippen LogP contribution < -0.4 is 4.90 Å². The maximum atomic E-state index is 4.53. The van der Waals surface area contributed by atoms with E-state index in [2.05, 4.69) is 172 Å². The molecule has 7 aromatic carbocycles. The number of hydrogen-bond acceptors (Lipinski definition) is 2. The summed E-state index contributed by atoms with van der Waals surface area (Å²) in [5.74, 6) is 0. The molecule has 3 nitrogen and oxygen atoms in total. The molecule has 0 spiro atoms. The molecule has 0 unspecified atom stereocenters. The van der Waals surface area contributed by atoms with Gasteiger partial charge in [-0.1, -0.05) is 109 Å². The molecule has 1 aliphatic carbocycles. The number of fused-ring (bicyclic) bond motifs is 6. The zero-order valence-electron chi connectivity index (χ0n) is 26.1. The molecule has 0 bridgehead atoms. The summed E-state index contributed by atoms with van der Waals surface area (Å²) in [6.07, 6.45) is 3.77. The molecule has 0 N–H and O–H groups in total. The second-order valence-electron chi connectivity index (χ2n) is 12.4. The lowest BCUT2D eigenvalue weighted by Gasteiger charge is -2.26. The van der Waals surface area contributed by atoms with Crippen LogP contribution in [0.3, 0.4) is 0 Å². The first-order valence-electron chi connectivity index (χ1n) is 16.4. The van der Waals surface area contributed by atoms with Gasteiger partial charge in [0.05, 0.1) is 22.9 Å². The molecular formula is C45H29N3. The number of rotatable bonds is 5. The van der Waals surface area contributed by atoms with Gasteiger partial charge in [0.1, 0.15) is 0 Å². The number of pyridine rings is 1. The van der Waals surface area contributed by atoms with Gasteiger partial charge in [-0.3, -0.25) is 4.98 Å². The van der Waals surface area contributed by atoms with Crippen LogP contribution >= 0.6 is 0 Å². The van der Waals surface area contributed by atoms with Crippen LogP contribution in [0.2, 0.25) is 0 Å². The molecule has 0 fully saturated rings. The second-order valence-corrected chi connectivity index (χ2v) is 12.4. The average Bonchev–Trinajstić information content (AvgIpc) is 3.67. The van der Waals surface area contributed by atoms with Gasteiger partial charge in [0.15, 0.2) is 0 Å². The van der Waals surface area contributed by atoms with Gasteiger partial charge in [0.2, 0.25) is 0 Å². The van der Waals surface area contributed by atoms with E-state index in [0.29, 0.717) is 0 Å². The summed E-state index contributed by atoms with van der Waals surface area (Å²) in [6.45, 7) is 0. The number of benzene rings is 7. The summed E-state index contributed by atoms with van der Waals surface area (Å²) >= 11 is 0. The van der Waals surface area contributed by atoms with Crippen LogP contribution in [0.15, 0.2) is 176 Å². The number of hydrogen-bond donors (Lipinski definition) is 0. The zero-order valence-corrected chi connectivity index (χ0v) is 26.1. The predicted molar refractivity (Wildman–Crippen MR) is 201 cm³/mol. The minimum atomic E-state index is 1.00. The van der Waals surface area contributed by atoms with Crippen molar-refractivity contribution in [1.82, 2.24) is 9.55 Å². The molecule has 1 aliphatic rings. The summed E-state index contributed by atoms with van der Waals surface area (Å²) in [4.78, 5) is 6.84. The molecule has 0 saturated heterocycles. The smallest absolute Gasteiger partial charge is 0.0644 e. The predicted octanol–water partition coefficient (Wildman–Crippen LogP) is 12.1. The molecule has 0 saturated carbocycles. The maximum absolute atomic E-state index is 4.53. The van der Waals surface area contributed by atoms with E-state index < -0.39 is 0 Å². The van der Waals surface area contributed by atoms with Gasteiger partial charge in [-0.15, -0.1) is 0 Å². The number of para-hydroxylation sites is 2. The highest BCUT2D eigenvalue weighted by atomic mass is 15.1. The molecular weight excluding hydrogens is 583 g/mol. The molecule has 3 heteroatoms. The monoisotopic (exact) mass is 611 g/mol. The molecule has 0 amide bonds. The molecule has 9 aromatic rings. The van der Waals surface area contributed by atoms with Gasteiger partial charge in [-0.25, -0.2) is 0 Å². The molecule has 224 valence electrons. The Balaban J connectivity index is 1.14. The fourth-order valence-corrected chi connectivity index (χ4v) is 7.78. The Hall–Kier alpha value is -6.45. The van der Waals surface area contributed by atoms with E-state index in [4.69, 9.17) is 0 Å². The Bertz CT molecular complexity index is 2600. The van der Waals surface area contributed by atoms with Gasteiger partial charge in [0.25, 0.3) is 0 Å². The summed E-state index contributed by atoms with van der Waals surface area (Å²) in [6, 6.07) is 59.2. The van der Waals surface area contributed by atoms with E-state index in [-0.39, 0.29) is 0 Å². The molecule has 2 heterocycles. The van der Waals surface area contributed by atoms with Gasteiger partial charge in [-0.2, -0.15) is 0 Å². The van der Waals surface area contributed by atoms with Crippen molar-refractivity contribution in [3.05, 3.63) is 176 Å². The zero-order chi connectivity index (χ0) is 31.6. The van der Waals surface area contributed by atoms with E-state index >= 15 is 0 Å². The van der Waals surface area contributed by atoms with Crippen LogP contribution in [0.5, 0.6) is 0 Å². The van der Waals surface area contributed by atoms with Crippen molar-refractivity contribution in [2.75, 3.05) is 4.90 Å². The maximum Gasteiger partial charge on any atom is 0.0644 e. The Morgan fingerprint density at radius 3 is 1.75 bits per heavy atom. The quantitative estimate of drug-likeness (QED) is 0.193. The fourth-order valence-electron chi connectivity index (χ4n) is 7.78. The van der Waals surface area contributed by atoms with Crippen molar-refractivity contribution in [3.63, 3.8) is 0 Å². The molecule has 0 aliphatic heterocycles. The summed E-state index contributed by atoms with van der Waals surface area (Å²) < 4.78 is 2.37. The van der Waals surface area contributed by atoms with E-state index in [9.17, 15) is 0 Å². The second kappa shape index (κ2) is 10.5. The SMILES string of the molecule is c1cncc(N(c2cccc(-c3ccc4c5c(cccc35)-c3ccccc3-4)c2)c2cccc(-n3c4ccccc4c4ccccc43)c2)c1. The van der Waals surface area contributed by atoms with E-state index in [1.165, 1.54) is 66.0 Å². The first-order chi connectivity index (χ1) is 23.8. The lowest BCUT2D eigenvalue weighted by Crippen LogP contribution is -2.11. The minimum Gasteiger partial charge on any atom is -0.309 e. The normalized spacial score (nSPS) is 11.8. The minimum absolute atomic E-state index is 1.00. The van der Waals surface area contributed by atoms with Crippen molar-refractivity contribution in [2.45, 2.75) is 0 Å². The van der Waals surface area contributed by atoms with Crippen molar-refractivity contribution in [1.29, 1.82) is 0 Å². The highest BCUT2D eigenvalue weighted by Gasteiger charge is 2.23. The van der Waals surface area contributed by atoms with Gasteiger partial charge >= 0.3 is 0 Å². The van der Waals surface area contributed by atoms with Crippen LogP contribution in [0.4, 0.5) is 17.1 Å². The number of anilines is 3. The Kier molecular flexibility index (Phi) is 5.87. The van der Waals surface area contributed by atoms with Crippen LogP contribution in [-0.4, -0.2) is 9.55 Å². The molecule has 0 atom stereocenters. The molecule has 0 radical (unpaired) electrons. The fraction of sp³-hybridized carbons (Fsp3) is 0. The van der Waals surface area contributed by atoms with Crippen molar-refractivity contribution in [2.24, 2.45) is 0 Å². The Morgan fingerprint density at radius 1 is 0.417 bits per heavy atom. The van der Waals surface area contributed by atoms with Crippen molar-refractivity contribution in [3.8, 4) is 39.1 Å². The third-order valence-electron chi connectivity index (χ3n) is 9.79.